The van der Waals surface area contributed by atoms with Gasteiger partial charge in [-0.2, -0.15) is 0 Å². The van der Waals surface area contributed by atoms with Gasteiger partial charge in [-0.05, 0) is 47.9 Å². The number of halogens is 1. The van der Waals surface area contributed by atoms with Gasteiger partial charge in [-0.25, -0.2) is 0 Å². The summed E-state index contributed by atoms with van der Waals surface area (Å²) < 4.78 is 10.5. The van der Waals surface area contributed by atoms with Gasteiger partial charge in [-0.15, -0.1) is 0 Å². The molecule has 2 heterocycles. The van der Waals surface area contributed by atoms with Crippen LogP contribution in [0.5, 0.6) is 5.75 Å². The van der Waals surface area contributed by atoms with Crippen molar-refractivity contribution in [2.24, 2.45) is 0 Å². The summed E-state index contributed by atoms with van der Waals surface area (Å²) in [5.41, 5.74) is 3.41. The largest absolute Gasteiger partial charge is 0.497 e. The summed E-state index contributed by atoms with van der Waals surface area (Å²) in [6.07, 6.45) is 3.16. The molecule has 0 aliphatic heterocycles. The Morgan fingerprint density at radius 2 is 2.14 bits per heavy atom. The van der Waals surface area contributed by atoms with Crippen molar-refractivity contribution in [1.82, 2.24) is 15.5 Å². The number of hydrogen-bond donors (Lipinski definition) is 2. The van der Waals surface area contributed by atoms with E-state index < -0.39 is 0 Å². The van der Waals surface area contributed by atoms with Gasteiger partial charge < -0.3 is 19.6 Å². The molecule has 7 heteroatoms. The van der Waals surface area contributed by atoms with Crippen LogP contribution in [0.15, 0.2) is 59.3 Å². The molecule has 4 aromatic rings. The number of benzene rings is 2. The Balaban J connectivity index is 1.34. The zero-order valence-electron chi connectivity index (χ0n) is 15.9. The SMILES string of the molecule is COc1cccc(Cc2cc(C(=O)NCCc3c[nH]c4ccc(Cl)cc34)no2)c1. The minimum atomic E-state index is -0.261. The topological polar surface area (TPSA) is 80.1 Å². The van der Waals surface area contributed by atoms with Crippen LogP contribution in [0.1, 0.15) is 27.4 Å². The molecule has 0 spiro atoms. The monoisotopic (exact) mass is 409 g/mol. The molecule has 148 valence electrons. The molecule has 2 aromatic carbocycles. The van der Waals surface area contributed by atoms with E-state index in [1.54, 1.807) is 13.2 Å². The Morgan fingerprint density at radius 1 is 1.24 bits per heavy atom. The zero-order valence-corrected chi connectivity index (χ0v) is 16.6. The maximum Gasteiger partial charge on any atom is 0.273 e. The number of methoxy groups -OCH3 is 1. The zero-order chi connectivity index (χ0) is 20.2. The summed E-state index contributed by atoms with van der Waals surface area (Å²) in [6.45, 7) is 0.483. The fraction of sp³-hybridized carbons (Fsp3) is 0.182. The van der Waals surface area contributed by atoms with Crippen molar-refractivity contribution in [3.05, 3.63) is 82.3 Å². The lowest BCUT2D eigenvalue weighted by Gasteiger charge is -2.02. The molecule has 29 heavy (non-hydrogen) atoms. The molecule has 0 radical (unpaired) electrons. The van der Waals surface area contributed by atoms with Crippen LogP contribution in [-0.2, 0) is 12.8 Å². The van der Waals surface area contributed by atoms with Crippen LogP contribution in [0, 0.1) is 0 Å². The van der Waals surface area contributed by atoms with Crippen LogP contribution < -0.4 is 10.1 Å². The number of aromatic amines is 1. The maximum absolute atomic E-state index is 12.4. The molecule has 0 aliphatic rings. The second-order valence-electron chi connectivity index (χ2n) is 6.72. The van der Waals surface area contributed by atoms with E-state index in [0.717, 1.165) is 27.8 Å². The quantitative estimate of drug-likeness (QED) is 0.474. The van der Waals surface area contributed by atoms with Crippen LogP contribution in [0.2, 0.25) is 5.02 Å². The third kappa shape index (κ3) is 4.43. The molecule has 2 aromatic heterocycles. The van der Waals surface area contributed by atoms with Crippen molar-refractivity contribution in [3.8, 4) is 5.75 Å². The number of aromatic nitrogens is 2. The van der Waals surface area contributed by atoms with E-state index in [1.165, 1.54) is 0 Å². The molecule has 0 fully saturated rings. The number of carbonyl (C=O) groups is 1. The van der Waals surface area contributed by atoms with Gasteiger partial charge >= 0.3 is 0 Å². The molecule has 4 rings (SSSR count). The molecular weight excluding hydrogens is 390 g/mol. The van der Waals surface area contributed by atoms with Gasteiger partial charge in [-0.1, -0.05) is 28.9 Å². The van der Waals surface area contributed by atoms with Crippen molar-refractivity contribution < 1.29 is 14.1 Å². The molecule has 0 bridgehead atoms. The summed E-state index contributed by atoms with van der Waals surface area (Å²) in [7, 11) is 1.63. The van der Waals surface area contributed by atoms with Gasteiger partial charge in [0.05, 0.1) is 7.11 Å². The molecule has 0 saturated carbocycles. The third-order valence-corrected chi connectivity index (χ3v) is 4.95. The number of amides is 1. The highest BCUT2D eigenvalue weighted by atomic mass is 35.5. The molecule has 6 nitrogen and oxygen atoms in total. The molecule has 1 amide bonds. The molecule has 0 unspecified atom stereocenters. The number of ether oxygens (including phenoxy) is 1. The smallest absolute Gasteiger partial charge is 0.273 e. The van der Waals surface area contributed by atoms with Crippen LogP contribution in [0.4, 0.5) is 0 Å². The number of fused-ring (bicyclic) bond motifs is 1. The Hall–Kier alpha value is -3.25. The molecule has 0 saturated heterocycles. The van der Waals surface area contributed by atoms with Gasteiger partial charge in [-0.3, -0.25) is 4.79 Å². The van der Waals surface area contributed by atoms with Crippen molar-refractivity contribution in [2.45, 2.75) is 12.8 Å². The van der Waals surface area contributed by atoms with Crippen molar-refractivity contribution >= 4 is 28.4 Å². The van der Waals surface area contributed by atoms with Crippen LogP contribution in [-0.4, -0.2) is 29.7 Å². The van der Waals surface area contributed by atoms with Crippen LogP contribution >= 0.6 is 11.6 Å². The first kappa shape index (κ1) is 19.1. The lowest BCUT2D eigenvalue weighted by atomic mass is 10.1. The molecule has 2 N–H and O–H groups in total. The number of H-pyrrole nitrogens is 1. The Labute approximate surface area is 172 Å². The second kappa shape index (κ2) is 8.41. The van der Waals surface area contributed by atoms with E-state index >= 15 is 0 Å². The highest BCUT2D eigenvalue weighted by Gasteiger charge is 2.13. The number of nitrogens with zero attached hydrogens (tertiary/aromatic N) is 1. The lowest BCUT2D eigenvalue weighted by Crippen LogP contribution is -2.25. The van der Waals surface area contributed by atoms with Gasteiger partial charge in [0.2, 0.25) is 0 Å². The number of nitrogens with one attached hydrogen (secondary N) is 2. The molecule has 0 atom stereocenters. The van der Waals surface area contributed by atoms with Gasteiger partial charge in [0.15, 0.2) is 5.69 Å². The highest BCUT2D eigenvalue weighted by molar-refractivity contribution is 6.31. The van der Waals surface area contributed by atoms with Gasteiger partial charge in [0.25, 0.3) is 5.91 Å². The van der Waals surface area contributed by atoms with E-state index in [1.807, 2.05) is 48.7 Å². The first-order valence-electron chi connectivity index (χ1n) is 9.24. The van der Waals surface area contributed by atoms with E-state index in [-0.39, 0.29) is 11.6 Å². The summed E-state index contributed by atoms with van der Waals surface area (Å²) >= 11 is 6.08. The third-order valence-electron chi connectivity index (χ3n) is 4.71. The van der Waals surface area contributed by atoms with E-state index in [2.05, 4.69) is 15.5 Å². The summed E-state index contributed by atoms with van der Waals surface area (Å²) in [6, 6.07) is 15.1. The number of carbonyl (C=O) groups excluding carboxylic acids is 1. The Morgan fingerprint density at radius 3 is 3.00 bits per heavy atom. The van der Waals surface area contributed by atoms with Gasteiger partial charge in [0, 0.05) is 41.2 Å². The summed E-state index contributed by atoms with van der Waals surface area (Å²) in [4.78, 5) is 15.6. The fourth-order valence-electron chi connectivity index (χ4n) is 3.25. The van der Waals surface area contributed by atoms with Crippen molar-refractivity contribution in [1.29, 1.82) is 0 Å². The summed E-state index contributed by atoms with van der Waals surface area (Å²) in [5.74, 6) is 1.14. The van der Waals surface area contributed by atoms with Crippen LogP contribution in [0.25, 0.3) is 10.9 Å². The predicted molar refractivity (Wildman–Crippen MR) is 112 cm³/mol. The normalized spacial score (nSPS) is 11.0. The van der Waals surface area contributed by atoms with E-state index in [9.17, 15) is 4.79 Å². The van der Waals surface area contributed by atoms with Crippen molar-refractivity contribution in [3.63, 3.8) is 0 Å². The Kier molecular flexibility index (Phi) is 5.53. The Bertz CT molecular complexity index is 1150. The second-order valence-corrected chi connectivity index (χ2v) is 7.15. The predicted octanol–water partition coefficient (Wildman–Crippen LogP) is 4.38. The summed E-state index contributed by atoms with van der Waals surface area (Å²) in [5, 5.41) is 8.53. The minimum absolute atomic E-state index is 0.261. The average Bonchev–Trinajstić information content (AvgIpc) is 3.35. The van der Waals surface area contributed by atoms with E-state index in [0.29, 0.717) is 30.2 Å². The number of rotatable bonds is 7. The minimum Gasteiger partial charge on any atom is -0.497 e. The highest BCUT2D eigenvalue weighted by Crippen LogP contribution is 2.22. The van der Waals surface area contributed by atoms with E-state index in [4.69, 9.17) is 20.9 Å². The maximum atomic E-state index is 12.4. The average molecular weight is 410 g/mol. The van der Waals surface area contributed by atoms with Crippen molar-refractivity contribution in [2.75, 3.05) is 13.7 Å². The first-order valence-corrected chi connectivity index (χ1v) is 9.62. The van der Waals surface area contributed by atoms with Gasteiger partial charge in [0.1, 0.15) is 11.5 Å². The molecule has 0 aliphatic carbocycles. The number of hydrogen-bond acceptors (Lipinski definition) is 4. The fourth-order valence-corrected chi connectivity index (χ4v) is 3.42. The molecular formula is C22H20ClN3O3. The first-order chi connectivity index (χ1) is 14.1. The lowest BCUT2D eigenvalue weighted by molar-refractivity contribution is 0.0945. The standard InChI is InChI=1S/C22H20ClN3O3/c1-28-17-4-2-3-14(9-17)10-18-12-21(26-29-18)22(27)24-8-7-15-13-25-20-6-5-16(23)11-19(15)20/h2-6,9,11-13,25H,7-8,10H2,1H3,(H,24,27). The van der Waals surface area contributed by atoms with Crippen LogP contribution in [0.3, 0.4) is 0 Å².